The molecule has 0 aliphatic heterocycles. The van der Waals surface area contributed by atoms with E-state index in [-0.39, 0.29) is 0 Å². The van der Waals surface area contributed by atoms with Crippen molar-refractivity contribution in [2.24, 2.45) is 17.1 Å². The van der Waals surface area contributed by atoms with Crippen LogP contribution < -0.4 is 5.73 Å². The molecule has 0 aromatic rings. The zero-order chi connectivity index (χ0) is 11.5. The maximum absolute atomic E-state index is 11.3. The second kappa shape index (κ2) is 4.41. The lowest BCUT2D eigenvalue weighted by Gasteiger charge is -2.30. The summed E-state index contributed by atoms with van der Waals surface area (Å²) in [6.45, 7) is 5.24. The van der Waals surface area contributed by atoms with E-state index >= 15 is 0 Å². The van der Waals surface area contributed by atoms with Crippen molar-refractivity contribution in [3.63, 3.8) is 0 Å². The Morgan fingerprint density at radius 3 is 2.00 bits per heavy atom. The molecule has 0 saturated carbocycles. The Morgan fingerprint density at radius 2 is 1.79 bits per heavy atom. The van der Waals surface area contributed by atoms with Gasteiger partial charge in [0.2, 0.25) is 0 Å². The third-order valence-corrected chi connectivity index (χ3v) is 2.03. The highest BCUT2D eigenvalue weighted by Crippen LogP contribution is 2.29. The molecule has 14 heavy (non-hydrogen) atoms. The van der Waals surface area contributed by atoms with Crippen molar-refractivity contribution in [2.75, 3.05) is 7.11 Å². The number of aliphatic carboxylic acids is 1. The van der Waals surface area contributed by atoms with Crippen LogP contribution in [0.5, 0.6) is 0 Å². The first kappa shape index (κ1) is 12.9. The average molecular weight is 203 g/mol. The van der Waals surface area contributed by atoms with Crippen LogP contribution in [-0.4, -0.2) is 30.2 Å². The zero-order valence-electron chi connectivity index (χ0n) is 8.90. The number of ether oxygens (including phenoxy) is 1. The van der Waals surface area contributed by atoms with E-state index in [0.29, 0.717) is 0 Å². The minimum Gasteiger partial charge on any atom is -0.480 e. The van der Waals surface area contributed by atoms with Crippen LogP contribution in [0.3, 0.4) is 0 Å². The van der Waals surface area contributed by atoms with Crippen LogP contribution in [0.4, 0.5) is 0 Å². The van der Waals surface area contributed by atoms with Gasteiger partial charge in [0.15, 0.2) is 0 Å². The van der Waals surface area contributed by atoms with Gasteiger partial charge in [-0.25, -0.2) is 0 Å². The molecule has 0 heterocycles. The van der Waals surface area contributed by atoms with Gasteiger partial charge in [0.1, 0.15) is 6.04 Å². The Hall–Kier alpha value is -1.10. The number of carboxylic acid groups (broad SMARTS) is 1. The molecule has 2 atom stereocenters. The first-order valence-electron chi connectivity index (χ1n) is 4.28. The van der Waals surface area contributed by atoms with Crippen LogP contribution in [0.15, 0.2) is 0 Å². The second-order valence-electron chi connectivity index (χ2n) is 4.23. The molecule has 1 unspecified atom stereocenters. The molecule has 0 aromatic heterocycles. The second-order valence-corrected chi connectivity index (χ2v) is 4.23. The molecule has 3 N–H and O–H groups in total. The summed E-state index contributed by atoms with van der Waals surface area (Å²) >= 11 is 0. The number of carbonyl (C=O) groups excluding carboxylic acids is 1. The summed E-state index contributed by atoms with van der Waals surface area (Å²) in [6.07, 6.45) is 0. The number of rotatable bonds is 3. The molecule has 0 bridgehead atoms. The fourth-order valence-corrected chi connectivity index (χ4v) is 1.31. The zero-order valence-corrected chi connectivity index (χ0v) is 8.90. The Bertz CT molecular complexity index is 231. The molecule has 5 heteroatoms. The van der Waals surface area contributed by atoms with Gasteiger partial charge < -0.3 is 15.6 Å². The number of nitrogens with two attached hydrogens (primary N) is 1. The van der Waals surface area contributed by atoms with Gasteiger partial charge in [-0.3, -0.25) is 9.59 Å². The van der Waals surface area contributed by atoms with Gasteiger partial charge in [-0.15, -0.1) is 0 Å². The molecule has 82 valence electrons. The molecular weight excluding hydrogens is 186 g/mol. The highest BCUT2D eigenvalue weighted by atomic mass is 16.5. The first-order chi connectivity index (χ1) is 6.21. The number of methoxy groups -OCH3 is 1. The molecule has 0 amide bonds. The lowest BCUT2D eigenvalue weighted by atomic mass is 9.76. The van der Waals surface area contributed by atoms with Crippen LogP contribution in [-0.2, 0) is 14.3 Å². The van der Waals surface area contributed by atoms with Crippen molar-refractivity contribution in [3.05, 3.63) is 0 Å². The van der Waals surface area contributed by atoms with Gasteiger partial charge in [-0.2, -0.15) is 0 Å². The van der Waals surface area contributed by atoms with E-state index in [1.54, 1.807) is 20.8 Å². The monoisotopic (exact) mass is 203 g/mol. The van der Waals surface area contributed by atoms with Crippen LogP contribution >= 0.6 is 0 Å². The van der Waals surface area contributed by atoms with Crippen LogP contribution in [0.2, 0.25) is 0 Å². The van der Waals surface area contributed by atoms with Crippen molar-refractivity contribution in [3.8, 4) is 0 Å². The van der Waals surface area contributed by atoms with E-state index < -0.39 is 29.3 Å². The number of hydrogen-bond acceptors (Lipinski definition) is 4. The average Bonchev–Trinajstić information content (AvgIpc) is 2.01. The normalized spacial score (nSPS) is 15.8. The largest absolute Gasteiger partial charge is 0.480 e. The van der Waals surface area contributed by atoms with Crippen molar-refractivity contribution >= 4 is 11.9 Å². The van der Waals surface area contributed by atoms with Gasteiger partial charge in [-0.1, -0.05) is 20.8 Å². The summed E-state index contributed by atoms with van der Waals surface area (Å²) in [5.74, 6) is -2.63. The summed E-state index contributed by atoms with van der Waals surface area (Å²) in [5.41, 5.74) is 4.89. The van der Waals surface area contributed by atoms with Crippen LogP contribution in [0.25, 0.3) is 0 Å². The topological polar surface area (TPSA) is 89.6 Å². The van der Waals surface area contributed by atoms with E-state index in [0.717, 1.165) is 0 Å². The van der Waals surface area contributed by atoms with Crippen molar-refractivity contribution in [2.45, 2.75) is 26.8 Å². The highest BCUT2D eigenvalue weighted by Gasteiger charge is 2.40. The van der Waals surface area contributed by atoms with Crippen LogP contribution in [0, 0.1) is 11.3 Å². The minimum atomic E-state index is -1.23. The van der Waals surface area contributed by atoms with E-state index in [1.807, 2.05) is 0 Å². The van der Waals surface area contributed by atoms with E-state index in [1.165, 1.54) is 7.11 Å². The Kier molecular flexibility index (Phi) is 4.07. The molecule has 0 spiro atoms. The number of carboxylic acids is 1. The summed E-state index contributed by atoms with van der Waals surface area (Å²) in [5, 5.41) is 8.73. The summed E-state index contributed by atoms with van der Waals surface area (Å²) in [6, 6.07) is -1.23. The molecular formula is C9H17NO4. The van der Waals surface area contributed by atoms with Gasteiger partial charge in [0.25, 0.3) is 0 Å². The minimum absolute atomic E-state index is 0.537. The molecule has 0 rings (SSSR count). The van der Waals surface area contributed by atoms with Crippen molar-refractivity contribution in [1.82, 2.24) is 0 Å². The molecule has 0 saturated heterocycles. The van der Waals surface area contributed by atoms with Gasteiger partial charge in [0, 0.05) is 0 Å². The molecule has 0 aromatic carbocycles. The number of hydrogen-bond donors (Lipinski definition) is 2. The first-order valence-corrected chi connectivity index (χ1v) is 4.28. The molecule has 0 radical (unpaired) electrons. The fraction of sp³-hybridized carbons (Fsp3) is 0.778. The lowest BCUT2D eigenvalue weighted by molar-refractivity contribution is -0.156. The summed E-state index contributed by atoms with van der Waals surface area (Å²) in [4.78, 5) is 22.0. The fourth-order valence-electron chi connectivity index (χ4n) is 1.31. The molecule has 5 nitrogen and oxygen atoms in total. The SMILES string of the molecule is COC(=O)C([C@H](N)C(=O)O)C(C)(C)C. The van der Waals surface area contributed by atoms with E-state index in [9.17, 15) is 9.59 Å². The third-order valence-electron chi connectivity index (χ3n) is 2.03. The number of esters is 1. The summed E-state index contributed by atoms with van der Waals surface area (Å²) < 4.78 is 4.53. The highest BCUT2D eigenvalue weighted by molar-refractivity contribution is 5.83. The molecule has 0 aliphatic carbocycles. The predicted octanol–water partition coefficient (Wildman–Crippen LogP) is 0.234. The van der Waals surface area contributed by atoms with Gasteiger partial charge >= 0.3 is 11.9 Å². The number of carbonyl (C=O) groups is 2. The Labute approximate surface area is 83.2 Å². The Morgan fingerprint density at radius 1 is 1.36 bits per heavy atom. The predicted molar refractivity (Wildman–Crippen MR) is 50.6 cm³/mol. The standard InChI is InChI=1S/C9H17NO4/c1-9(2,3)5(8(13)14-4)6(10)7(11)12/h5-6H,10H2,1-4H3,(H,11,12)/t5?,6-/m0/s1. The van der Waals surface area contributed by atoms with Crippen molar-refractivity contribution in [1.29, 1.82) is 0 Å². The smallest absolute Gasteiger partial charge is 0.321 e. The van der Waals surface area contributed by atoms with Crippen molar-refractivity contribution < 1.29 is 19.4 Å². The third kappa shape index (κ3) is 2.99. The maximum atomic E-state index is 11.3. The molecule has 0 fully saturated rings. The Balaban J connectivity index is 4.92. The van der Waals surface area contributed by atoms with E-state index in [4.69, 9.17) is 10.8 Å². The molecule has 0 aliphatic rings. The lowest BCUT2D eigenvalue weighted by Crippen LogP contribution is -2.48. The van der Waals surface area contributed by atoms with Gasteiger partial charge in [-0.05, 0) is 5.41 Å². The van der Waals surface area contributed by atoms with Gasteiger partial charge in [0.05, 0.1) is 13.0 Å². The maximum Gasteiger partial charge on any atom is 0.321 e. The van der Waals surface area contributed by atoms with Crippen LogP contribution in [0.1, 0.15) is 20.8 Å². The van der Waals surface area contributed by atoms with E-state index in [2.05, 4.69) is 4.74 Å². The quantitative estimate of drug-likeness (QED) is 0.641. The summed E-state index contributed by atoms with van der Waals surface area (Å²) in [7, 11) is 1.22.